The fourth-order valence-corrected chi connectivity index (χ4v) is 5.57. The van der Waals surface area contributed by atoms with E-state index in [1.54, 1.807) is 15.9 Å². The molecule has 1 aliphatic rings. The number of hydrogen-bond acceptors (Lipinski definition) is 4. The summed E-state index contributed by atoms with van der Waals surface area (Å²) >= 11 is 7.36. The highest BCUT2D eigenvalue weighted by Gasteiger charge is 2.25. The van der Waals surface area contributed by atoms with E-state index in [0.29, 0.717) is 10.3 Å². The lowest BCUT2D eigenvalue weighted by molar-refractivity contribution is 0.0959. The SMILES string of the molecule is O=C(c1ccccc1)n1c(-c2ccccc2)c2c3c(sc2nc1=S)CCCC3. The first-order valence-electron chi connectivity index (χ1n) is 9.46. The zero-order valence-corrected chi connectivity index (χ0v) is 16.9. The highest BCUT2D eigenvalue weighted by molar-refractivity contribution is 7.71. The zero-order chi connectivity index (χ0) is 19.1. The third kappa shape index (κ3) is 2.82. The topological polar surface area (TPSA) is 34.9 Å². The van der Waals surface area contributed by atoms with E-state index in [1.807, 2.05) is 60.7 Å². The molecule has 0 bridgehead atoms. The summed E-state index contributed by atoms with van der Waals surface area (Å²) in [7, 11) is 0. The summed E-state index contributed by atoms with van der Waals surface area (Å²) in [5, 5.41) is 1.10. The summed E-state index contributed by atoms with van der Waals surface area (Å²) in [6.45, 7) is 0. The van der Waals surface area contributed by atoms with Gasteiger partial charge in [-0.3, -0.25) is 4.79 Å². The average Bonchev–Trinajstić information content (AvgIpc) is 3.11. The van der Waals surface area contributed by atoms with Crippen molar-refractivity contribution in [3.8, 4) is 11.3 Å². The number of carbonyl (C=O) groups excluding carboxylic acids is 1. The van der Waals surface area contributed by atoms with Crippen LogP contribution >= 0.6 is 23.6 Å². The molecule has 2 heterocycles. The number of thiophene rings is 1. The highest BCUT2D eigenvalue weighted by atomic mass is 32.1. The third-order valence-electron chi connectivity index (χ3n) is 5.27. The monoisotopic (exact) mass is 402 g/mol. The van der Waals surface area contributed by atoms with E-state index < -0.39 is 0 Å². The van der Waals surface area contributed by atoms with Crippen molar-refractivity contribution >= 4 is 39.7 Å². The van der Waals surface area contributed by atoms with Crippen molar-refractivity contribution in [1.29, 1.82) is 0 Å². The lowest BCUT2D eigenvalue weighted by atomic mass is 9.94. The number of fused-ring (bicyclic) bond motifs is 3. The Balaban J connectivity index is 1.88. The molecule has 0 fully saturated rings. The van der Waals surface area contributed by atoms with E-state index in [-0.39, 0.29) is 5.91 Å². The molecule has 0 aliphatic heterocycles. The maximum atomic E-state index is 13.5. The number of nitrogens with zero attached hydrogens (tertiary/aromatic N) is 2. The van der Waals surface area contributed by atoms with Crippen molar-refractivity contribution in [3.63, 3.8) is 0 Å². The fraction of sp³-hybridized carbons (Fsp3) is 0.174. The van der Waals surface area contributed by atoms with Gasteiger partial charge in [-0.05, 0) is 61.2 Å². The van der Waals surface area contributed by atoms with Crippen LogP contribution in [-0.4, -0.2) is 15.5 Å². The van der Waals surface area contributed by atoms with Crippen LogP contribution < -0.4 is 0 Å². The minimum Gasteiger partial charge on any atom is -0.268 e. The van der Waals surface area contributed by atoms with E-state index in [9.17, 15) is 4.79 Å². The molecule has 138 valence electrons. The lowest BCUT2D eigenvalue weighted by Gasteiger charge is -2.16. The normalized spacial score (nSPS) is 13.4. The molecule has 0 unspecified atom stereocenters. The maximum Gasteiger partial charge on any atom is 0.264 e. The molecule has 3 nitrogen and oxygen atoms in total. The van der Waals surface area contributed by atoms with Crippen LogP contribution in [0.5, 0.6) is 0 Å². The Kier molecular flexibility index (Phi) is 4.41. The molecule has 0 amide bonds. The predicted octanol–water partition coefficient (Wildman–Crippen LogP) is 6.06. The summed E-state index contributed by atoms with van der Waals surface area (Å²) in [5.41, 5.74) is 3.84. The fourth-order valence-electron chi connectivity index (χ4n) is 3.99. The molecule has 2 aromatic carbocycles. The minimum absolute atomic E-state index is 0.130. The van der Waals surface area contributed by atoms with Crippen molar-refractivity contribution in [2.45, 2.75) is 25.7 Å². The highest BCUT2D eigenvalue weighted by Crippen LogP contribution is 2.40. The quantitative estimate of drug-likeness (QED) is 0.382. The van der Waals surface area contributed by atoms with Crippen molar-refractivity contribution in [3.05, 3.63) is 81.4 Å². The maximum absolute atomic E-state index is 13.5. The Morgan fingerprint density at radius 1 is 0.964 bits per heavy atom. The summed E-state index contributed by atoms with van der Waals surface area (Å²) in [4.78, 5) is 20.5. The number of carbonyl (C=O) groups is 1. The zero-order valence-electron chi connectivity index (χ0n) is 15.2. The van der Waals surface area contributed by atoms with Crippen molar-refractivity contribution in [2.75, 3.05) is 0 Å². The first-order valence-corrected chi connectivity index (χ1v) is 10.7. The van der Waals surface area contributed by atoms with Gasteiger partial charge >= 0.3 is 0 Å². The largest absolute Gasteiger partial charge is 0.268 e. The van der Waals surface area contributed by atoms with Crippen LogP contribution in [0, 0.1) is 4.77 Å². The van der Waals surface area contributed by atoms with Gasteiger partial charge in [0.1, 0.15) is 4.83 Å². The van der Waals surface area contributed by atoms with Gasteiger partial charge in [0, 0.05) is 15.8 Å². The molecule has 1 aliphatic carbocycles. The van der Waals surface area contributed by atoms with Crippen molar-refractivity contribution < 1.29 is 4.79 Å². The van der Waals surface area contributed by atoms with Crippen LogP contribution in [0.3, 0.4) is 0 Å². The number of hydrogen-bond donors (Lipinski definition) is 0. The summed E-state index contributed by atoms with van der Waals surface area (Å²) in [6, 6.07) is 19.4. The number of benzene rings is 2. The lowest BCUT2D eigenvalue weighted by Crippen LogP contribution is -2.17. The van der Waals surface area contributed by atoms with Gasteiger partial charge in [-0.15, -0.1) is 11.3 Å². The smallest absolute Gasteiger partial charge is 0.264 e. The Bertz CT molecular complexity index is 1240. The minimum atomic E-state index is -0.130. The van der Waals surface area contributed by atoms with Crippen LogP contribution in [0.1, 0.15) is 33.6 Å². The average molecular weight is 403 g/mol. The molecule has 0 saturated carbocycles. The molecule has 0 N–H and O–H groups in total. The van der Waals surface area contributed by atoms with Crippen LogP contribution in [-0.2, 0) is 12.8 Å². The third-order valence-corrected chi connectivity index (χ3v) is 6.73. The molecule has 4 aromatic rings. The van der Waals surface area contributed by atoms with E-state index in [1.165, 1.54) is 23.3 Å². The van der Waals surface area contributed by atoms with E-state index in [4.69, 9.17) is 12.2 Å². The number of aryl methyl sites for hydroxylation is 2. The molecule has 0 spiro atoms. The standard InChI is InChI=1S/C23H18N2OS2/c26-22(16-11-5-2-6-12-16)25-20(15-9-3-1-4-10-15)19-17-13-7-8-14-18(17)28-21(19)24-23(25)27/h1-6,9-12H,7-8,13-14H2. The van der Waals surface area contributed by atoms with Crippen molar-refractivity contribution in [2.24, 2.45) is 0 Å². The van der Waals surface area contributed by atoms with Crippen LogP contribution in [0.25, 0.3) is 21.5 Å². The van der Waals surface area contributed by atoms with Crippen LogP contribution in [0.2, 0.25) is 0 Å². The second kappa shape index (κ2) is 7.08. The molecular formula is C23H18N2OS2. The predicted molar refractivity (Wildman–Crippen MR) is 117 cm³/mol. The summed E-state index contributed by atoms with van der Waals surface area (Å²) < 4.78 is 1.95. The van der Waals surface area contributed by atoms with E-state index in [0.717, 1.165) is 34.3 Å². The molecule has 5 heteroatoms. The Labute approximate surface area is 172 Å². The molecule has 0 atom stereocenters. The van der Waals surface area contributed by atoms with Gasteiger partial charge in [0.25, 0.3) is 5.91 Å². The van der Waals surface area contributed by atoms with Crippen LogP contribution in [0.4, 0.5) is 0 Å². The first kappa shape index (κ1) is 17.5. The van der Waals surface area contributed by atoms with Gasteiger partial charge in [0.2, 0.25) is 4.77 Å². The number of rotatable bonds is 2. The molecule has 2 aromatic heterocycles. The number of aromatic nitrogens is 2. The van der Waals surface area contributed by atoms with Crippen LogP contribution in [0.15, 0.2) is 60.7 Å². The van der Waals surface area contributed by atoms with Gasteiger partial charge in [0.05, 0.1) is 5.69 Å². The summed E-state index contributed by atoms with van der Waals surface area (Å²) in [6.07, 6.45) is 4.51. The van der Waals surface area contributed by atoms with Crippen molar-refractivity contribution in [1.82, 2.24) is 9.55 Å². The Morgan fingerprint density at radius 2 is 1.64 bits per heavy atom. The van der Waals surface area contributed by atoms with Gasteiger partial charge in [-0.25, -0.2) is 9.55 Å². The second-order valence-electron chi connectivity index (χ2n) is 7.01. The molecule has 5 rings (SSSR count). The first-order chi connectivity index (χ1) is 13.7. The second-order valence-corrected chi connectivity index (χ2v) is 8.46. The van der Waals surface area contributed by atoms with E-state index >= 15 is 0 Å². The summed E-state index contributed by atoms with van der Waals surface area (Å²) in [5.74, 6) is -0.130. The van der Waals surface area contributed by atoms with Gasteiger partial charge in [0.15, 0.2) is 0 Å². The van der Waals surface area contributed by atoms with Gasteiger partial charge in [-0.2, -0.15) is 0 Å². The van der Waals surface area contributed by atoms with Gasteiger partial charge in [-0.1, -0.05) is 48.5 Å². The Morgan fingerprint density at radius 3 is 2.39 bits per heavy atom. The Hall–Kier alpha value is -2.63. The molecule has 0 saturated heterocycles. The van der Waals surface area contributed by atoms with E-state index in [2.05, 4.69) is 4.98 Å². The molecule has 0 radical (unpaired) electrons. The molecular weight excluding hydrogens is 384 g/mol. The molecule has 28 heavy (non-hydrogen) atoms. The van der Waals surface area contributed by atoms with Gasteiger partial charge < -0.3 is 0 Å².